The minimum atomic E-state index is -0.829. The van der Waals surface area contributed by atoms with Crippen LogP contribution in [0.5, 0.6) is 0 Å². The molecule has 4 heteroatoms. The second-order valence-electron chi connectivity index (χ2n) is 5.01. The Morgan fingerprint density at radius 2 is 2.18 bits per heavy atom. The standard InChI is InChI=1S/C13H25NO3/c1-4-16-12(15)13(2,3)17-10-8-11-7-5-6-9-14-11/h11,14H,4-10H2,1-3H3. The van der Waals surface area contributed by atoms with Crippen molar-refractivity contribution in [3.8, 4) is 0 Å². The molecule has 0 amide bonds. The monoisotopic (exact) mass is 243 g/mol. The number of esters is 1. The van der Waals surface area contributed by atoms with Crippen LogP contribution >= 0.6 is 0 Å². The van der Waals surface area contributed by atoms with Crippen molar-refractivity contribution in [2.45, 2.75) is 58.1 Å². The molecule has 1 N–H and O–H groups in total. The molecule has 0 aromatic rings. The number of hydrogen-bond acceptors (Lipinski definition) is 4. The molecule has 1 rings (SSSR count). The van der Waals surface area contributed by atoms with Gasteiger partial charge in [0.15, 0.2) is 5.60 Å². The molecule has 0 aliphatic carbocycles. The first-order valence-electron chi connectivity index (χ1n) is 6.61. The molecule has 0 aromatic heterocycles. The van der Waals surface area contributed by atoms with Crippen LogP contribution < -0.4 is 5.32 Å². The summed E-state index contributed by atoms with van der Waals surface area (Å²) in [6.45, 7) is 7.43. The van der Waals surface area contributed by atoms with E-state index in [1.807, 2.05) is 0 Å². The van der Waals surface area contributed by atoms with Crippen LogP contribution in [-0.2, 0) is 14.3 Å². The minimum absolute atomic E-state index is 0.281. The predicted octanol–water partition coefficient (Wildman–Crippen LogP) is 1.88. The van der Waals surface area contributed by atoms with E-state index in [1.165, 1.54) is 19.3 Å². The number of piperidine rings is 1. The zero-order chi connectivity index (χ0) is 12.7. The zero-order valence-electron chi connectivity index (χ0n) is 11.3. The molecule has 1 unspecified atom stereocenters. The highest BCUT2D eigenvalue weighted by Gasteiger charge is 2.30. The van der Waals surface area contributed by atoms with Gasteiger partial charge in [-0.05, 0) is 46.6 Å². The van der Waals surface area contributed by atoms with Crippen molar-refractivity contribution >= 4 is 5.97 Å². The van der Waals surface area contributed by atoms with Gasteiger partial charge in [0.05, 0.1) is 6.61 Å². The van der Waals surface area contributed by atoms with Crippen molar-refractivity contribution in [2.75, 3.05) is 19.8 Å². The normalized spacial score (nSPS) is 21.2. The van der Waals surface area contributed by atoms with Gasteiger partial charge in [0, 0.05) is 12.6 Å². The van der Waals surface area contributed by atoms with Crippen molar-refractivity contribution in [1.82, 2.24) is 5.32 Å². The lowest BCUT2D eigenvalue weighted by atomic mass is 10.0. The fourth-order valence-electron chi connectivity index (χ4n) is 1.99. The van der Waals surface area contributed by atoms with E-state index in [2.05, 4.69) is 5.32 Å². The zero-order valence-corrected chi connectivity index (χ0v) is 11.3. The third kappa shape index (κ3) is 5.04. The summed E-state index contributed by atoms with van der Waals surface area (Å²) in [6, 6.07) is 0.543. The summed E-state index contributed by atoms with van der Waals surface area (Å²) in [5.74, 6) is -0.281. The highest BCUT2D eigenvalue weighted by molar-refractivity contribution is 5.78. The first-order valence-corrected chi connectivity index (χ1v) is 6.61. The topological polar surface area (TPSA) is 47.6 Å². The largest absolute Gasteiger partial charge is 0.464 e. The maximum atomic E-state index is 11.6. The Morgan fingerprint density at radius 3 is 2.76 bits per heavy atom. The van der Waals surface area contributed by atoms with Gasteiger partial charge in [0.25, 0.3) is 0 Å². The molecule has 1 saturated heterocycles. The molecule has 100 valence electrons. The Balaban J connectivity index is 2.21. The second kappa shape index (κ2) is 6.97. The summed E-state index contributed by atoms with van der Waals surface area (Å²) >= 11 is 0. The van der Waals surface area contributed by atoms with Gasteiger partial charge in [0.2, 0.25) is 0 Å². The Morgan fingerprint density at radius 1 is 1.41 bits per heavy atom. The van der Waals surface area contributed by atoms with Gasteiger partial charge in [-0.2, -0.15) is 0 Å². The van der Waals surface area contributed by atoms with Crippen LogP contribution in [0.15, 0.2) is 0 Å². The molecule has 0 radical (unpaired) electrons. The van der Waals surface area contributed by atoms with Gasteiger partial charge in [0.1, 0.15) is 0 Å². The first kappa shape index (κ1) is 14.5. The third-order valence-corrected chi connectivity index (χ3v) is 3.11. The molecule has 4 nitrogen and oxygen atoms in total. The highest BCUT2D eigenvalue weighted by Crippen LogP contribution is 2.15. The fraction of sp³-hybridized carbons (Fsp3) is 0.923. The van der Waals surface area contributed by atoms with Gasteiger partial charge in [-0.15, -0.1) is 0 Å². The molecule has 17 heavy (non-hydrogen) atoms. The highest BCUT2D eigenvalue weighted by atomic mass is 16.6. The maximum Gasteiger partial charge on any atom is 0.337 e. The summed E-state index contributed by atoms with van der Waals surface area (Å²) in [5, 5.41) is 3.46. The SMILES string of the molecule is CCOC(=O)C(C)(C)OCCC1CCCCN1. The molecule has 1 aliphatic heterocycles. The number of carbonyl (C=O) groups excluding carboxylic acids is 1. The van der Waals surface area contributed by atoms with E-state index in [0.29, 0.717) is 19.3 Å². The van der Waals surface area contributed by atoms with E-state index in [4.69, 9.17) is 9.47 Å². The van der Waals surface area contributed by atoms with E-state index in [0.717, 1.165) is 13.0 Å². The van der Waals surface area contributed by atoms with Gasteiger partial charge in [-0.1, -0.05) is 6.42 Å². The van der Waals surface area contributed by atoms with E-state index < -0.39 is 5.60 Å². The summed E-state index contributed by atoms with van der Waals surface area (Å²) in [7, 11) is 0. The van der Waals surface area contributed by atoms with E-state index in [-0.39, 0.29) is 5.97 Å². The first-order chi connectivity index (χ1) is 8.06. The number of ether oxygens (including phenoxy) is 2. The number of hydrogen-bond donors (Lipinski definition) is 1. The Labute approximate surface area is 104 Å². The average molecular weight is 243 g/mol. The van der Waals surface area contributed by atoms with Crippen molar-refractivity contribution < 1.29 is 14.3 Å². The second-order valence-corrected chi connectivity index (χ2v) is 5.01. The molecule has 0 bridgehead atoms. The molecule has 1 atom stereocenters. The van der Waals surface area contributed by atoms with Crippen molar-refractivity contribution in [3.63, 3.8) is 0 Å². The van der Waals surface area contributed by atoms with Gasteiger partial charge in [-0.3, -0.25) is 0 Å². The number of nitrogens with one attached hydrogen (secondary N) is 1. The van der Waals surface area contributed by atoms with E-state index in [9.17, 15) is 4.79 Å². The van der Waals surface area contributed by atoms with Crippen LogP contribution in [-0.4, -0.2) is 37.4 Å². The molecule has 0 aromatic carbocycles. The smallest absolute Gasteiger partial charge is 0.337 e. The lowest BCUT2D eigenvalue weighted by molar-refractivity contribution is -0.168. The van der Waals surface area contributed by atoms with Crippen LogP contribution in [0.1, 0.15) is 46.5 Å². The van der Waals surface area contributed by atoms with Crippen LogP contribution in [0.25, 0.3) is 0 Å². The molecule has 1 fully saturated rings. The van der Waals surface area contributed by atoms with Crippen LogP contribution in [0.4, 0.5) is 0 Å². The molecule has 0 saturated carbocycles. The van der Waals surface area contributed by atoms with Gasteiger partial charge in [-0.25, -0.2) is 4.79 Å². The quantitative estimate of drug-likeness (QED) is 0.724. The van der Waals surface area contributed by atoms with Crippen molar-refractivity contribution in [1.29, 1.82) is 0 Å². The van der Waals surface area contributed by atoms with Crippen LogP contribution in [0.3, 0.4) is 0 Å². The number of carbonyl (C=O) groups is 1. The fourth-order valence-corrected chi connectivity index (χ4v) is 1.99. The molecular weight excluding hydrogens is 218 g/mol. The van der Waals surface area contributed by atoms with Crippen LogP contribution in [0.2, 0.25) is 0 Å². The summed E-state index contributed by atoms with van der Waals surface area (Å²) in [4.78, 5) is 11.6. The third-order valence-electron chi connectivity index (χ3n) is 3.11. The molecule has 0 spiro atoms. The summed E-state index contributed by atoms with van der Waals surface area (Å²) in [5.41, 5.74) is -0.829. The number of rotatable bonds is 6. The van der Waals surface area contributed by atoms with Gasteiger partial charge >= 0.3 is 5.97 Å². The van der Waals surface area contributed by atoms with Crippen molar-refractivity contribution in [3.05, 3.63) is 0 Å². The van der Waals surface area contributed by atoms with E-state index in [1.54, 1.807) is 20.8 Å². The Bertz CT molecular complexity index is 235. The summed E-state index contributed by atoms with van der Waals surface area (Å²) in [6.07, 6.45) is 4.73. The van der Waals surface area contributed by atoms with E-state index >= 15 is 0 Å². The lowest BCUT2D eigenvalue weighted by Gasteiger charge is -2.26. The molecule has 1 aliphatic rings. The molecule has 1 heterocycles. The van der Waals surface area contributed by atoms with Crippen LogP contribution in [0, 0.1) is 0 Å². The van der Waals surface area contributed by atoms with Crippen molar-refractivity contribution in [2.24, 2.45) is 0 Å². The van der Waals surface area contributed by atoms with Gasteiger partial charge < -0.3 is 14.8 Å². The lowest BCUT2D eigenvalue weighted by Crippen LogP contribution is -2.39. The molecular formula is C13H25NO3. The predicted molar refractivity (Wildman–Crippen MR) is 66.9 cm³/mol. The maximum absolute atomic E-state index is 11.6. The summed E-state index contributed by atoms with van der Waals surface area (Å²) < 4.78 is 10.6. The Kier molecular flexibility index (Phi) is 5.92. The average Bonchev–Trinajstić information content (AvgIpc) is 2.30. The Hall–Kier alpha value is -0.610. The minimum Gasteiger partial charge on any atom is -0.464 e.